The summed E-state index contributed by atoms with van der Waals surface area (Å²) in [6.07, 6.45) is 8.72. The minimum Gasteiger partial charge on any atom is -0.271 e. The maximum atomic E-state index is 11.5. The Morgan fingerprint density at radius 3 is 2.10 bits per heavy atom. The minimum atomic E-state index is -3.13. The first-order chi connectivity index (χ1) is 9.52. The van der Waals surface area contributed by atoms with Crippen LogP contribution in [-0.2, 0) is 9.84 Å². The van der Waals surface area contributed by atoms with Crippen LogP contribution in [0.2, 0.25) is 0 Å². The van der Waals surface area contributed by atoms with Gasteiger partial charge in [0.25, 0.3) is 0 Å². The Balaban J connectivity index is 2.18. The fourth-order valence-electron chi connectivity index (χ4n) is 3.07. The smallest absolute Gasteiger partial charge is 0.175 e. The van der Waals surface area contributed by atoms with Crippen LogP contribution in [-0.4, -0.2) is 14.7 Å². The number of hydrogen-bond acceptors (Lipinski definition) is 4. The van der Waals surface area contributed by atoms with Crippen LogP contribution in [0.1, 0.15) is 50.1 Å². The molecule has 1 aliphatic rings. The molecule has 5 heteroatoms. The van der Waals surface area contributed by atoms with E-state index in [1.165, 1.54) is 44.8 Å². The molecule has 0 bridgehead atoms. The van der Waals surface area contributed by atoms with Crippen LogP contribution in [0.25, 0.3) is 0 Å². The summed E-state index contributed by atoms with van der Waals surface area (Å²) in [5.41, 5.74) is 4.00. The highest BCUT2D eigenvalue weighted by molar-refractivity contribution is 7.90. The van der Waals surface area contributed by atoms with Gasteiger partial charge in [0.1, 0.15) is 0 Å². The van der Waals surface area contributed by atoms with Gasteiger partial charge >= 0.3 is 0 Å². The highest BCUT2D eigenvalue weighted by Crippen LogP contribution is 2.33. The van der Waals surface area contributed by atoms with Gasteiger partial charge < -0.3 is 0 Å². The predicted octanol–water partition coefficient (Wildman–Crippen LogP) is 2.56. The molecule has 1 aliphatic carbocycles. The van der Waals surface area contributed by atoms with Crippen LogP contribution < -0.4 is 11.3 Å². The average molecular weight is 296 g/mol. The van der Waals surface area contributed by atoms with E-state index in [0.29, 0.717) is 10.8 Å². The monoisotopic (exact) mass is 296 g/mol. The van der Waals surface area contributed by atoms with E-state index in [-0.39, 0.29) is 6.04 Å². The molecule has 1 atom stereocenters. The molecule has 3 N–H and O–H groups in total. The number of hydrogen-bond donors (Lipinski definition) is 2. The zero-order chi connectivity index (χ0) is 14.6. The summed E-state index contributed by atoms with van der Waals surface area (Å²) < 4.78 is 23.0. The molecule has 1 unspecified atom stereocenters. The summed E-state index contributed by atoms with van der Waals surface area (Å²) in [7, 11) is -3.13. The molecule has 1 aromatic carbocycles. The van der Waals surface area contributed by atoms with Gasteiger partial charge in [0.2, 0.25) is 0 Å². The summed E-state index contributed by atoms with van der Waals surface area (Å²) in [5, 5.41) is 0. The van der Waals surface area contributed by atoms with E-state index >= 15 is 0 Å². The van der Waals surface area contributed by atoms with Crippen LogP contribution in [0.5, 0.6) is 0 Å². The molecule has 0 spiro atoms. The second kappa shape index (κ2) is 6.70. The van der Waals surface area contributed by atoms with Crippen molar-refractivity contribution in [1.82, 2.24) is 5.43 Å². The van der Waals surface area contributed by atoms with Crippen molar-refractivity contribution >= 4 is 9.84 Å². The van der Waals surface area contributed by atoms with Gasteiger partial charge in [-0.1, -0.05) is 37.8 Å². The van der Waals surface area contributed by atoms with Crippen molar-refractivity contribution in [3.05, 3.63) is 29.8 Å². The number of sulfone groups is 1. The standard InChI is InChI=1S/C15H24N2O2S/c1-20(18,19)14-10-8-13(9-11-14)15(17-16)12-6-4-2-3-5-7-12/h8-12,15,17H,2-7,16H2,1H3. The number of nitrogens with one attached hydrogen (secondary N) is 1. The molecular formula is C15H24N2O2S. The predicted molar refractivity (Wildman–Crippen MR) is 80.8 cm³/mol. The van der Waals surface area contributed by atoms with Gasteiger partial charge in [0, 0.05) is 12.3 Å². The summed E-state index contributed by atoms with van der Waals surface area (Å²) in [6.45, 7) is 0. The number of nitrogens with two attached hydrogens (primary N) is 1. The Kier molecular flexibility index (Phi) is 5.18. The van der Waals surface area contributed by atoms with Crippen LogP contribution in [0, 0.1) is 5.92 Å². The van der Waals surface area contributed by atoms with E-state index in [9.17, 15) is 8.42 Å². The van der Waals surface area contributed by atoms with E-state index in [1.54, 1.807) is 12.1 Å². The molecule has 0 aliphatic heterocycles. The lowest BCUT2D eigenvalue weighted by Gasteiger charge is -2.26. The van der Waals surface area contributed by atoms with Crippen molar-refractivity contribution in [2.75, 3.05) is 6.26 Å². The lowest BCUT2D eigenvalue weighted by Crippen LogP contribution is -2.33. The number of rotatable bonds is 4. The third-order valence-electron chi connectivity index (χ3n) is 4.22. The van der Waals surface area contributed by atoms with Crippen LogP contribution in [0.3, 0.4) is 0 Å². The molecule has 0 amide bonds. The van der Waals surface area contributed by atoms with E-state index < -0.39 is 9.84 Å². The van der Waals surface area contributed by atoms with E-state index in [1.807, 2.05) is 12.1 Å². The molecule has 4 nitrogen and oxygen atoms in total. The topological polar surface area (TPSA) is 72.2 Å². The Hall–Kier alpha value is -0.910. The van der Waals surface area contributed by atoms with Crippen LogP contribution >= 0.6 is 0 Å². The van der Waals surface area contributed by atoms with Crippen molar-refractivity contribution in [3.63, 3.8) is 0 Å². The maximum absolute atomic E-state index is 11.5. The van der Waals surface area contributed by atoms with Gasteiger partial charge in [-0.3, -0.25) is 11.3 Å². The minimum absolute atomic E-state index is 0.113. The fraction of sp³-hybridized carbons (Fsp3) is 0.600. The largest absolute Gasteiger partial charge is 0.271 e. The molecule has 0 aromatic heterocycles. The molecular weight excluding hydrogens is 272 g/mol. The fourth-order valence-corrected chi connectivity index (χ4v) is 3.70. The Bertz CT molecular complexity index is 517. The average Bonchev–Trinajstić information content (AvgIpc) is 2.68. The first-order valence-corrected chi connectivity index (χ1v) is 9.17. The Morgan fingerprint density at radius 1 is 1.10 bits per heavy atom. The van der Waals surface area contributed by atoms with Crippen molar-refractivity contribution in [3.8, 4) is 0 Å². The van der Waals surface area contributed by atoms with E-state index in [2.05, 4.69) is 5.43 Å². The number of hydrazine groups is 1. The van der Waals surface area contributed by atoms with Gasteiger partial charge in [-0.2, -0.15) is 0 Å². The molecule has 1 saturated carbocycles. The summed E-state index contributed by atoms with van der Waals surface area (Å²) in [6, 6.07) is 7.22. The SMILES string of the molecule is CS(=O)(=O)c1ccc(C(NN)C2CCCCCC2)cc1. The Morgan fingerprint density at radius 2 is 1.65 bits per heavy atom. The van der Waals surface area contributed by atoms with Gasteiger partial charge in [-0.25, -0.2) is 8.42 Å². The summed E-state index contributed by atoms with van der Waals surface area (Å²) in [4.78, 5) is 0.359. The van der Waals surface area contributed by atoms with E-state index in [0.717, 1.165) is 5.56 Å². The number of benzene rings is 1. The van der Waals surface area contributed by atoms with Gasteiger partial charge in [-0.15, -0.1) is 0 Å². The van der Waals surface area contributed by atoms with Crippen LogP contribution in [0.4, 0.5) is 0 Å². The lowest BCUT2D eigenvalue weighted by molar-refractivity contribution is 0.329. The molecule has 0 radical (unpaired) electrons. The second-order valence-corrected chi connectivity index (χ2v) is 7.75. The third kappa shape index (κ3) is 3.81. The van der Waals surface area contributed by atoms with Crippen molar-refractivity contribution in [2.24, 2.45) is 11.8 Å². The molecule has 0 heterocycles. The molecule has 1 aromatic rings. The zero-order valence-corrected chi connectivity index (χ0v) is 12.8. The maximum Gasteiger partial charge on any atom is 0.175 e. The van der Waals surface area contributed by atoms with Crippen molar-refractivity contribution in [2.45, 2.75) is 49.5 Å². The quantitative estimate of drug-likeness (QED) is 0.509. The first kappa shape index (κ1) is 15.5. The van der Waals surface area contributed by atoms with E-state index in [4.69, 9.17) is 5.84 Å². The van der Waals surface area contributed by atoms with Gasteiger partial charge in [-0.05, 0) is 36.5 Å². The lowest BCUT2D eigenvalue weighted by atomic mass is 9.87. The first-order valence-electron chi connectivity index (χ1n) is 7.28. The van der Waals surface area contributed by atoms with Gasteiger partial charge in [0.15, 0.2) is 9.84 Å². The zero-order valence-electron chi connectivity index (χ0n) is 12.0. The molecule has 0 saturated heterocycles. The third-order valence-corrected chi connectivity index (χ3v) is 5.35. The van der Waals surface area contributed by atoms with Crippen LogP contribution in [0.15, 0.2) is 29.2 Å². The van der Waals surface area contributed by atoms with Crippen molar-refractivity contribution < 1.29 is 8.42 Å². The molecule has 1 fully saturated rings. The molecule has 2 rings (SSSR count). The van der Waals surface area contributed by atoms with Gasteiger partial charge in [0.05, 0.1) is 4.90 Å². The highest BCUT2D eigenvalue weighted by atomic mass is 32.2. The van der Waals surface area contributed by atoms with Crippen molar-refractivity contribution in [1.29, 1.82) is 0 Å². The highest BCUT2D eigenvalue weighted by Gasteiger charge is 2.23. The Labute approximate surface area is 121 Å². The summed E-state index contributed by atoms with van der Waals surface area (Å²) in [5.74, 6) is 6.28. The molecule has 112 valence electrons. The normalized spacial score (nSPS) is 19.5. The summed E-state index contributed by atoms with van der Waals surface area (Å²) >= 11 is 0. The molecule has 20 heavy (non-hydrogen) atoms. The second-order valence-electron chi connectivity index (χ2n) is 5.74.